The zero-order valence-electron chi connectivity index (χ0n) is 9.64. The van der Waals surface area contributed by atoms with E-state index in [-0.39, 0.29) is 5.91 Å². The van der Waals surface area contributed by atoms with Crippen molar-refractivity contribution < 1.29 is 4.79 Å². The lowest BCUT2D eigenvalue weighted by atomic mass is 10.1. The molecule has 0 saturated carbocycles. The van der Waals surface area contributed by atoms with E-state index in [9.17, 15) is 4.79 Å². The molecule has 1 atom stereocenters. The van der Waals surface area contributed by atoms with Crippen LogP contribution in [0.25, 0.3) is 0 Å². The number of anilines is 1. The molecule has 0 spiro atoms. The Morgan fingerprint density at radius 3 is 2.50 bits per heavy atom. The average molecular weight is 261 g/mol. The van der Waals surface area contributed by atoms with Gasteiger partial charge >= 0.3 is 0 Å². The number of rotatable bonds is 3. The molecule has 0 heterocycles. The summed E-state index contributed by atoms with van der Waals surface area (Å²) >= 11 is 5.84. The van der Waals surface area contributed by atoms with Crippen LogP contribution in [0.5, 0.6) is 0 Å². The van der Waals surface area contributed by atoms with Gasteiger partial charge in [-0.3, -0.25) is 4.79 Å². The van der Waals surface area contributed by atoms with E-state index in [1.807, 2.05) is 30.3 Å². The highest BCUT2D eigenvalue weighted by molar-refractivity contribution is 6.30. The number of hydrogen-bond donors (Lipinski definition) is 2. The standard InChI is InChI=1S/C14H13ClN2O/c15-11-7-4-8-12(9-11)17-14(18)13(16)10-5-2-1-3-6-10/h1-9,13H,16H2,(H,17,18)/t13-/m1/s1. The van der Waals surface area contributed by atoms with Crippen LogP contribution in [0.15, 0.2) is 54.6 Å². The maximum absolute atomic E-state index is 11.9. The second-order valence-corrected chi connectivity index (χ2v) is 4.32. The molecule has 4 heteroatoms. The maximum atomic E-state index is 11.9. The molecule has 0 bridgehead atoms. The number of halogens is 1. The molecule has 1 amide bonds. The summed E-state index contributed by atoms with van der Waals surface area (Å²) in [6.07, 6.45) is 0. The number of benzene rings is 2. The predicted molar refractivity (Wildman–Crippen MR) is 73.5 cm³/mol. The van der Waals surface area contributed by atoms with Crippen LogP contribution in [0.3, 0.4) is 0 Å². The van der Waals surface area contributed by atoms with Gasteiger partial charge in [-0.05, 0) is 23.8 Å². The molecular formula is C14H13ClN2O. The molecule has 2 aromatic rings. The van der Waals surface area contributed by atoms with Gasteiger partial charge in [-0.15, -0.1) is 0 Å². The fourth-order valence-corrected chi connectivity index (χ4v) is 1.79. The van der Waals surface area contributed by atoms with Gasteiger partial charge in [0.25, 0.3) is 0 Å². The van der Waals surface area contributed by atoms with Crippen LogP contribution < -0.4 is 11.1 Å². The average Bonchev–Trinajstić information content (AvgIpc) is 2.39. The molecule has 2 aromatic carbocycles. The molecule has 0 aromatic heterocycles. The van der Waals surface area contributed by atoms with Crippen molar-refractivity contribution in [2.75, 3.05) is 5.32 Å². The van der Waals surface area contributed by atoms with Crippen LogP contribution in [0, 0.1) is 0 Å². The summed E-state index contributed by atoms with van der Waals surface area (Å²) in [5.41, 5.74) is 7.29. The molecule has 0 aliphatic rings. The number of nitrogens with one attached hydrogen (secondary N) is 1. The van der Waals surface area contributed by atoms with Gasteiger partial charge in [0.1, 0.15) is 6.04 Å². The number of nitrogens with two attached hydrogens (primary N) is 1. The number of carbonyl (C=O) groups is 1. The first-order valence-corrected chi connectivity index (χ1v) is 5.91. The Hall–Kier alpha value is -1.84. The van der Waals surface area contributed by atoms with Crippen molar-refractivity contribution >= 4 is 23.2 Å². The van der Waals surface area contributed by atoms with Crippen molar-refractivity contribution in [2.45, 2.75) is 6.04 Å². The van der Waals surface area contributed by atoms with E-state index in [0.717, 1.165) is 5.56 Å². The van der Waals surface area contributed by atoms with E-state index in [1.165, 1.54) is 0 Å². The van der Waals surface area contributed by atoms with E-state index in [1.54, 1.807) is 24.3 Å². The monoisotopic (exact) mass is 260 g/mol. The second-order valence-electron chi connectivity index (χ2n) is 3.89. The molecule has 92 valence electrons. The lowest BCUT2D eigenvalue weighted by Gasteiger charge is -2.12. The van der Waals surface area contributed by atoms with Gasteiger partial charge in [0.05, 0.1) is 0 Å². The Bertz CT molecular complexity index is 543. The number of amides is 1. The summed E-state index contributed by atoms with van der Waals surface area (Å²) in [4.78, 5) is 11.9. The van der Waals surface area contributed by atoms with Crippen molar-refractivity contribution in [3.05, 3.63) is 65.2 Å². The zero-order valence-corrected chi connectivity index (χ0v) is 10.4. The molecule has 0 radical (unpaired) electrons. The number of hydrogen-bond acceptors (Lipinski definition) is 2. The minimum Gasteiger partial charge on any atom is -0.324 e. The summed E-state index contributed by atoms with van der Waals surface area (Å²) in [7, 11) is 0. The lowest BCUT2D eigenvalue weighted by Crippen LogP contribution is -2.27. The molecule has 0 saturated heterocycles. The third kappa shape index (κ3) is 3.09. The molecule has 0 aliphatic carbocycles. The third-order valence-corrected chi connectivity index (χ3v) is 2.77. The van der Waals surface area contributed by atoms with Crippen molar-refractivity contribution in [3.63, 3.8) is 0 Å². The molecule has 0 fully saturated rings. The maximum Gasteiger partial charge on any atom is 0.245 e. The summed E-state index contributed by atoms with van der Waals surface area (Å²) in [6.45, 7) is 0. The molecular weight excluding hydrogens is 248 g/mol. The van der Waals surface area contributed by atoms with Gasteiger partial charge in [0, 0.05) is 10.7 Å². The summed E-state index contributed by atoms with van der Waals surface area (Å²) in [6, 6.07) is 15.5. The molecule has 3 N–H and O–H groups in total. The fraction of sp³-hybridized carbons (Fsp3) is 0.0714. The minimum absolute atomic E-state index is 0.261. The summed E-state index contributed by atoms with van der Waals surface area (Å²) < 4.78 is 0. The van der Waals surface area contributed by atoms with Gasteiger partial charge < -0.3 is 11.1 Å². The molecule has 3 nitrogen and oxygen atoms in total. The minimum atomic E-state index is -0.690. The topological polar surface area (TPSA) is 55.1 Å². The Morgan fingerprint density at radius 1 is 1.11 bits per heavy atom. The van der Waals surface area contributed by atoms with Crippen LogP contribution in [-0.2, 0) is 4.79 Å². The van der Waals surface area contributed by atoms with Gasteiger partial charge in [-0.2, -0.15) is 0 Å². The van der Waals surface area contributed by atoms with Crippen LogP contribution in [-0.4, -0.2) is 5.91 Å². The lowest BCUT2D eigenvalue weighted by molar-refractivity contribution is -0.117. The second kappa shape index (κ2) is 5.67. The van der Waals surface area contributed by atoms with Crippen molar-refractivity contribution in [3.8, 4) is 0 Å². The Kier molecular flexibility index (Phi) is 3.97. The van der Waals surface area contributed by atoms with Crippen LogP contribution in [0.2, 0.25) is 5.02 Å². The van der Waals surface area contributed by atoms with Crippen molar-refractivity contribution in [1.82, 2.24) is 0 Å². The fourth-order valence-electron chi connectivity index (χ4n) is 1.60. The molecule has 18 heavy (non-hydrogen) atoms. The smallest absolute Gasteiger partial charge is 0.245 e. The largest absolute Gasteiger partial charge is 0.324 e. The molecule has 0 aliphatic heterocycles. The van der Waals surface area contributed by atoms with Gasteiger partial charge in [0.15, 0.2) is 0 Å². The highest BCUT2D eigenvalue weighted by atomic mass is 35.5. The SMILES string of the molecule is N[C@@H](C(=O)Nc1cccc(Cl)c1)c1ccccc1. The van der Waals surface area contributed by atoms with Crippen molar-refractivity contribution in [1.29, 1.82) is 0 Å². The van der Waals surface area contributed by atoms with E-state index in [2.05, 4.69) is 5.32 Å². The summed E-state index contributed by atoms with van der Waals surface area (Å²) in [5.74, 6) is -0.261. The van der Waals surface area contributed by atoms with Crippen LogP contribution in [0.1, 0.15) is 11.6 Å². The quantitative estimate of drug-likeness (QED) is 0.891. The first-order chi connectivity index (χ1) is 8.66. The zero-order chi connectivity index (χ0) is 13.0. The highest BCUT2D eigenvalue weighted by Crippen LogP contribution is 2.17. The first-order valence-electron chi connectivity index (χ1n) is 5.54. The van der Waals surface area contributed by atoms with Gasteiger partial charge in [-0.1, -0.05) is 48.0 Å². The van der Waals surface area contributed by atoms with E-state index in [0.29, 0.717) is 10.7 Å². The Labute approximate surface area is 111 Å². The number of carbonyl (C=O) groups excluding carboxylic acids is 1. The predicted octanol–water partition coefficient (Wildman–Crippen LogP) is 2.98. The normalized spacial score (nSPS) is 11.9. The van der Waals surface area contributed by atoms with Crippen LogP contribution >= 0.6 is 11.6 Å². The van der Waals surface area contributed by atoms with Gasteiger partial charge in [-0.25, -0.2) is 0 Å². The summed E-state index contributed by atoms with van der Waals surface area (Å²) in [5, 5.41) is 3.30. The van der Waals surface area contributed by atoms with E-state index < -0.39 is 6.04 Å². The van der Waals surface area contributed by atoms with Crippen LogP contribution in [0.4, 0.5) is 5.69 Å². The first kappa shape index (κ1) is 12.6. The van der Waals surface area contributed by atoms with E-state index >= 15 is 0 Å². The van der Waals surface area contributed by atoms with Crippen molar-refractivity contribution in [2.24, 2.45) is 5.73 Å². The van der Waals surface area contributed by atoms with E-state index in [4.69, 9.17) is 17.3 Å². The third-order valence-electron chi connectivity index (χ3n) is 2.53. The highest BCUT2D eigenvalue weighted by Gasteiger charge is 2.15. The van der Waals surface area contributed by atoms with Gasteiger partial charge in [0.2, 0.25) is 5.91 Å². The molecule has 0 unspecified atom stereocenters. The Morgan fingerprint density at radius 2 is 1.83 bits per heavy atom. The Balaban J connectivity index is 2.09. The molecule has 2 rings (SSSR count).